The summed E-state index contributed by atoms with van der Waals surface area (Å²) in [6.45, 7) is 4.62. The van der Waals surface area contributed by atoms with Gasteiger partial charge in [0, 0.05) is 6.92 Å². The molecule has 0 aliphatic rings. The topological polar surface area (TPSA) is 9.23 Å². The van der Waals surface area contributed by atoms with E-state index in [-0.39, 0.29) is 6.61 Å². The summed E-state index contributed by atoms with van der Waals surface area (Å²) in [7, 11) is 0. The summed E-state index contributed by atoms with van der Waals surface area (Å²) in [5.74, 6) is 0. The van der Waals surface area contributed by atoms with Gasteiger partial charge >= 0.3 is 6.11 Å². The van der Waals surface area contributed by atoms with Crippen molar-refractivity contribution in [3.05, 3.63) is 6.92 Å². The minimum Gasteiger partial charge on any atom is -0.320 e. The largest absolute Gasteiger partial charge is 0.356 e. The van der Waals surface area contributed by atoms with Crippen molar-refractivity contribution in [2.45, 2.75) is 32.3 Å². The lowest BCUT2D eigenvalue weighted by atomic mass is 10.3. The number of hydrogen-bond donors (Lipinski definition) is 0. The van der Waals surface area contributed by atoms with Crippen molar-refractivity contribution in [1.29, 1.82) is 0 Å². The van der Waals surface area contributed by atoms with Gasteiger partial charge in [-0.05, 0) is 6.42 Å². The zero-order valence-corrected chi connectivity index (χ0v) is 6.20. The predicted molar refractivity (Wildman–Crippen MR) is 35.8 cm³/mol. The Hall–Kier alpha value is -0.180. The second kappa shape index (κ2) is 4.61. The first kappa shape index (κ1) is 9.82. The normalized spacial score (nSPS) is 12.0. The lowest BCUT2D eigenvalue weighted by Gasteiger charge is -2.09. The van der Waals surface area contributed by atoms with Crippen molar-refractivity contribution in [1.82, 2.24) is 0 Å². The molecule has 0 spiro atoms. The molecule has 0 N–H and O–H groups in total. The highest BCUT2D eigenvalue weighted by molar-refractivity contribution is 4.52. The Balaban J connectivity index is 3.04. The van der Waals surface area contributed by atoms with Crippen molar-refractivity contribution in [2.75, 3.05) is 6.61 Å². The molecule has 0 saturated heterocycles. The van der Waals surface area contributed by atoms with E-state index in [1.807, 2.05) is 6.92 Å². The van der Waals surface area contributed by atoms with Gasteiger partial charge < -0.3 is 4.74 Å². The van der Waals surface area contributed by atoms with Crippen molar-refractivity contribution in [3.8, 4) is 0 Å². The maximum atomic E-state index is 11.8. The van der Waals surface area contributed by atoms with Crippen LogP contribution in [0.3, 0.4) is 0 Å². The van der Waals surface area contributed by atoms with Crippen molar-refractivity contribution < 1.29 is 13.5 Å². The summed E-state index contributed by atoms with van der Waals surface area (Å²) in [4.78, 5) is 0. The predicted octanol–water partition coefficient (Wildman–Crippen LogP) is 2.62. The molecule has 1 radical (unpaired) electrons. The van der Waals surface area contributed by atoms with Crippen LogP contribution in [0.5, 0.6) is 0 Å². The summed E-state index contributed by atoms with van der Waals surface area (Å²) in [5.41, 5.74) is 0. The number of unbranched alkanes of at least 4 members (excludes halogenated alkanes) is 2. The van der Waals surface area contributed by atoms with E-state index in [4.69, 9.17) is 0 Å². The maximum Gasteiger partial charge on any atom is 0.356 e. The Labute approximate surface area is 60.4 Å². The Kier molecular flexibility index (Phi) is 4.52. The molecule has 0 unspecified atom stereocenters. The minimum absolute atomic E-state index is 0.102. The zero-order valence-electron chi connectivity index (χ0n) is 6.20. The highest BCUT2D eigenvalue weighted by atomic mass is 19.3. The van der Waals surface area contributed by atoms with Gasteiger partial charge in [-0.1, -0.05) is 19.8 Å². The van der Waals surface area contributed by atoms with Gasteiger partial charge in [0.1, 0.15) is 0 Å². The van der Waals surface area contributed by atoms with E-state index < -0.39 is 6.11 Å². The van der Waals surface area contributed by atoms with Gasteiger partial charge in [0.15, 0.2) is 0 Å². The third kappa shape index (κ3) is 7.82. The molecule has 0 aliphatic carbocycles. The van der Waals surface area contributed by atoms with E-state index in [0.717, 1.165) is 12.8 Å². The molecule has 0 bridgehead atoms. The third-order valence-corrected chi connectivity index (χ3v) is 1.06. The zero-order chi connectivity index (χ0) is 8.04. The van der Waals surface area contributed by atoms with Gasteiger partial charge in [-0.3, -0.25) is 0 Å². The molecule has 0 aromatic heterocycles. The van der Waals surface area contributed by atoms with E-state index in [9.17, 15) is 8.78 Å². The van der Waals surface area contributed by atoms with Crippen molar-refractivity contribution in [3.63, 3.8) is 0 Å². The summed E-state index contributed by atoms with van der Waals surface area (Å²) >= 11 is 0. The smallest absolute Gasteiger partial charge is 0.320 e. The van der Waals surface area contributed by atoms with Gasteiger partial charge in [-0.2, -0.15) is 8.78 Å². The number of alkyl halides is 2. The Morgan fingerprint density at radius 1 is 1.40 bits per heavy atom. The molecule has 0 rings (SSSR count). The molecular formula is C7H13F2O. The van der Waals surface area contributed by atoms with Crippen LogP contribution in [-0.2, 0) is 4.74 Å². The highest BCUT2D eigenvalue weighted by Crippen LogP contribution is 2.12. The van der Waals surface area contributed by atoms with Crippen LogP contribution in [0.2, 0.25) is 0 Å². The Morgan fingerprint density at radius 2 is 2.00 bits per heavy atom. The van der Waals surface area contributed by atoms with Crippen LogP contribution < -0.4 is 0 Å². The third-order valence-electron chi connectivity index (χ3n) is 1.06. The number of hydrogen-bond acceptors (Lipinski definition) is 1. The molecule has 0 amide bonds. The van der Waals surface area contributed by atoms with E-state index in [1.54, 1.807) is 0 Å². The summed E-state index contributed by atoms with van der Waals surface area (Å²) in [6.07, 6.45) is -0.586. The Morgan fingerprint density at radius 3 is 2.40 bits per heavy atom. The summed E-state index contributed by atoms with van der Waals surface area (Å²) < 4.78 is 27.7. The summed E-state index contributed by atoms with van der Waals surface area (Å²) in [5, 5.41) is 0. The molecule has 0 aliphatic heterocycles. The molecule has 0 aromatic rings. The molecule has 0 fully saturated rings. The first-order valence-electron chi connectivity index (χ1n) is 3.43. The van der Waals surface area contributed by atoms with E-state index in [1.165, 1.54) is 0 Å². The van der Waals surface area contributed by atoms with Crippen LogP contribution in [0.1, 0.15) is 26.2 Å². The van der Waals surface area contributed by atoms with Gasteiger partial charge in [-0.25, -0.2) is 0 Å². The molecule has 1 nitrogen and oxygen atoms in total. The molecule has 3 heteroatoms. The second-order valence-electron chi connectivity index (χ2n) is 2.19. The monoisotopic (exact) mass is 151 g/mol. The van der Waals surface area contributed by atoms with Crippen LogP contribution in [-0.4, -0.2) is 12.7 Å². The second-order valence-corrected chi connectivity index (χ2v) is 2.19. The summed E-state index contributed by atoms with van der Waals surface area (Å²) in [6, 6.07) is 0. The molecule has 0 heterocycles. The Bertz CT molecular complexity index is 78.2. The van der Waals surface area contributed by atoms with Crippen LogP contribution in [0, 0.1) is 6.92 Å². The lowest BCUT2D eigenvalue weighted by Crippen LogP contribution is -2.16. The number of halogens is 2. The van der Waals surface area contributed by atoms with E-state index >= 15 is 0 Å². The minimum atomic E-state index is -3.20. The fourth-order valence-corrected chi connectivity index (χ4v) is 0.574. The molecule has 0 aromatic carbocycles. The van der Waals surface area contributed by atoms with Gasteiger partial charge in [0.05, 0.1) is 6.61 Å². The van der Waals surface area contributed by atoms with E-state index in [0.29, 0.717) is 6.42 Å². The fourth-order valence-electron chi connectivity index (χ4n) is 0.574. The van der Waals surface area contributed by atoms with Crippen LogP contribution in [0.15, 0.2) is 0 Å². The van der Waals surface area contributed by atoms with Gasteiger partial charge in [0.25, 0.3) is 0 Å². The van der Waals surface area contributed by atoms with Gasteiger partial charge in [0.2, 0.25) is 0 Å². The fraction of sp³-hybridized carbons (Fsp3) is 0.857. The average molecular weight is 151 g/mol. The molecule has 0 atom stereocenters. The molecule has 61 valence electrons. The number of ether oxygens (including phenoxy) is 1. The lowest BCUT2D eigenvalue weighted by molar-refractivity contribution is -0.203. The first-order chi connectivity index (χ1) is 4.56. The molecule has 10 heavy (non-hydrogen) atoms. The molecular weight excluding hydrogens is 138 g/mol. The van der Waals surface area contributed by atoms with Crippen LogP contribution in [0.25, 0.3) is 0 Å². The first-order valence-corrected chi connectivity index (χ1v) is 3.43. The van der Waals surface area contributed by atoms with Crippen molar-refractivity contribution >= 4 is 0 Å². The SMILES string of the molecule is [CH2]C(F)(F)OCCCCC. The number of rotatable bonds is 5. The average Bonchev–Trinajstić information content (AvgIpc) is 1.78. The van der Waals surface area contributed by atoms with Crippen LogP contribution >= 0.6 is 0 Å². The van der Waals surface area contributed by atoms with Gasteiger partial charge in [-0.15, -0.1) is 0 Å². The van der Waals surface area contributed by atoms with Crippen LogP contribution in [0.4, 0.5) is 8.78 Å². The maximum absolute atomic E-state index is 11.8. The van der Waals surface area contributed by atoms with Crippen molar-refractivity contribution in [2.24, 2.45) is 0 Å². The van der Waals surface area contributed by atoms with E-state index in [2.05, 4.69) is 11.7 Å². The highest BCUT2D eigenvalue weighted by Gasteiger charge is 2.20. The standard InChI is InChI=1S/C7H13F2O/c1-3-4-5-6-10-7(2,8)9/h2-6H2,1H3. The molecule has 0 saturated carbocycles. The quantitative estimate of drug-likeness (QED) is 0.549.